The maximum Gasteiger partial charge on any atom is 0.271 e. The number of non-ortho nitro benzene ring substituents is 1. The van der Waals surface area contributed by atoms with Crippen molar-refractivity contribution >= 4 is 23.0 Å². The van der Waals surface area contributed by atoms with Gasteiger partial charge in [0.25, 0.3) is 5.69 Å². The van der Waals surface area contributed by atoms with E-state index in [0.29, 0.717) is 48.3 Å². The van der Waals surface area contributed by atoms with Gasteiger partial charge in [0, 0.05) is 37.1 Å². The van der Waals surface area contributed by atoms with Gasteiger partial charge in [-0.25, -0.2) is 9.36 Å². The van der Waals surface area contributed by atoms with Gasteiger partial charge in [-0.1, -0.05) is 18.2 Å². The molecule has 12 heteroatoms. The molecule has 2 aromatic heterocycles. The monoisotopic (exact) mass is 535 g/mol. The van der Waals surface area contributed by atoms with Crippen LogP contribution in [0.25, 0.3) is 11.3 Å². The number of rotatable bonds is 13. The number of aryl methyl sites for hydroxylation is 1. The second kappa shape index (κ2) is 12.4. The van der Waals surface area contributed by atoms with Gasteiger partial charge in [-0.15, -0.1) is 0 Å². The standard InChI is InChI=1S/C27H33N7O5/c1-5-38-26(39-6-2)17-32-25(30-23-13-20(34(35)36)10-7-18(23)3)14-24(31-32)22-15-29-33(27(22)28)16-19-8-11-21(37-4)12-9-19/h7-15,26,30H,5-6,16-17,28H2,1-4H3. The molecule has 0 aliphatic carbocycles. The summed E-state index contributed by atoms with van der Waals surface area (Å²) in [4.78, 5) is 10.9. The first-order valence-electron chi connectivity index (χ1n) is 12.6. The van der Waals surface area contributed by atoms with E-state index in [1.807, 2.05) is 51.1 Å². The number of aromatic nitrogens is 4. The molecule has 0 spiro atoms. The van der Waals surface area contributed by atoms with E-state index in [0.717, 1.165) is 16.9 Å². The lowest BCUT2D eigenvalue weighted by Gasteiger charge is -2.19. The number of nitrogen functional groups attached to an aromatic ring is 1. The Hall–Kier alpha value is -4.42. The number of methoxy groups -OCH3 is 1. The van der Waals surface area contributed by atoms with Gasteiger partial charge in [-0.3, -0.25) is 10.1 Å². The number of nitrogens with two attached hydrogens (primary N) is 1. The van der Waals surface area contributed by atoms with Crippen LogP contribution in [0.1, 0.15) is 25.0 Å². The van der Waals surface area contributed by atoms with Crippen LogP contribution >= 0.6 is 0 Å². The Kier molecular flexibility index (Phi) is 8.79. The molecule has 0 bridgehead atoms. The molecular formula is C27H33N7O5. The van der Waals surface area contributed by atoms with E-state index in [1.54, 1.807) is 28.7 Å². The fraction of sp³-hybridized carbons (Fsp3) is 0.333. The van der Waals surface area contributed by atoms with E-state index >= 15 is 0 Å². The summed E-state index contributed by atoms with van der Waals surface area (Å²) in [6.45, 7) is 7.36. The zero-order valence-corrected chi connectivity index (χ0v) is 22.5. The van der Waals surface area contributed by atoms with Gasteiger partial charge < -0.3 is 25.3 Å². The molecule has 0 amide bonds. The molecule has 0 fully saturated rings. The van der Waals surface area contributed by atoms with Crippen LogP contribution in [0.3, 0.4) is 0 Å². The predicted molar refractivity (Wildman–Crippen MR) is 148 cm³/mol. The summed E-state index contributed by atoms with van der Waals surface area (Å²) in [5.74, 6) is 1.83. The summed E-state index contributed by atoms with van der Waals surface area (Å²) < 4.78 is 20.1. The summed E-state index contributed by atoms with van der Waals surface area (Å²) in [6.07, 6.45) is 1.14. The molecule has 39 heavy (non-hydrogen) atoms. The van der Waals surface area contributed by atoms with E-state index in [-0.39, 0.29) is 12.2 Å². The van der Waals surface area contributed by atoms with Gasteiger partial charge in [0.2, 0.25) is 0 Å². The van der Waals surface area contributed by atoms with Gasteiger partial charge in [0.05, 0.1) is 42.6 Å². The van der Waals surface area contributed by atoms with E-state index in [2.05, 4.69) is 10.4 Å². The Morgan fingerprint density at radius 3 is 2.44 bits per heavy atom. The highest BCUT2D eigenvalue weighted by atomic mass is 16.7. The Morgan fingerprint density at radius 2 is 1.79 bits per heavy atom. The Morgan fingerprint density at radius 1 is 1.08 bits per heavy atom. The van der Waals surface area contributed by atoms with Gasteiger partial charge in [-0.2, -0.15) is 10.2 Å². The summed E-state index contributed by atoms with van der Waals surface area (Å²) in [5.41, 5.74) is 10.2. The number of hydrogen-bond donors (Lipinski definition) is 2. The van der Waals surface area contributed by atoms with Crippen molar-refractivity contribution in [2.75, 3.05) is 31.4 Å². The summed E-state index contributed by atoms with van der Waals surface area (Å²) in [7, 11) is 1.63. The Balaban J connectivity index is 1.68. The van der Waals surface area contributed by atoms with Gasteiger partial charge in [0.15, 0.2) is 6.29 Å². The third-order valence-corrected chi connectivity index (χ3v) is 6.15. The molecule has 206 valence electrons. The van der Waals surface area contributed by atoms with Crippen LogP contribution in [0.4, 0.5) is 23.0 Å². The maximum atomic E-state index is 11.4. The molecule has 4 aromatic rings. The lowest BCUT2D eigenvalue weighted by molar-refractivity contribution is -0.384. The second-order valence-electron chi connectivity index (χ2n) is 8.77. The lowest BCUT2D eigenvalue weighted by atomic mass is 10.2. The van der Waals surface area contributed by atoms with Crippen molar-refractivity contribution in [3.63, 3.8) is 0 Å². The lowest BCUT2D eigenvalue weighted by Crippen LogP contribution is -2.25. The third-order valence-electron chi connectivity index (χ3n) is 6.15. The normalized spacial score (nSPS) is 11.2. The molecule has 12 nitrogen and oxygen atoms in total. The number of hydrogen-bond acceptors (Lipinski definition) is 9. The van der Waals surface area contributed by atoms with Crippen molar-refractivity contribution in [2.24, 2.45) is 0 Å². The molecule has 0 unspecified atom stereocenters. The number of ether oxygens (including phenoxy) is 3. The number of benzene rings is 2. The minimum Gasteiger partial charge on any atom is -0.497 e. The smallest absolute Gasteiger partial charge is 0.271 e. The van der Waals surface area contributed by atoms with Gasteiger partial charge in [-0.05, 0) is 44.0 Å². The quantitative estimate of drug-likeness (QED) is 0.141. The fourth-order valence-corrected chi connectivity index (χ4v) is 4.07. The molecular weight excluding hydrogens is 502 g/mol. The van der Waals surface area contributed by atoms with Crippen molar-refractivity contribution in [2.45, 2.75) is 40.2 Å². The number of nitrogens with zero attached hydrogens (tertiary/aromatic N) is 5. The van der Waals surface area contributed by atoms with Crippen LogP contribution in [0, 0.1) is 17.0 Å². The maximum absolute atomic E-state index is 11.4. The summed E-state index contributed by atoms with van der Waals surface area (Å²) >= 11 is 0. The minimum absolute atomic E-state index is 0.0139. The highest BCUT2D eigenvalue weighted by molar-refractivity contribution is 5.74. The van der Waals surface area contributed by atoms with E-state index in [4.69, 9.17) is 25.0 Å². The third kappa shape index (κ3) is 6.54. The number of anilines is 3. The zero-order valence-electron chi connectivity index (χ0n) is 22.5. The van der Waals surface area contributed by atoms with E-state index < -0.39 is 11.2 Å². The highest BCUT2D eigenvalue weighted by Gasteiger charge is 2.20. The van der Waals surface area contributed by atoms with Gasteiger partial charge >= 0.3 is 0 Å². The predicted octanol–water partition coefficient (Wildman–Crippen LogP) is 4.75. The van der Waals surface area contributed by atoms with Crippen molar-refractivity contribution < 1.29 is 19.1 Å². The zero-order chi connectivity index (χ0) is 27.9. The molecule has 0 aliphatic rings. The molecule has 0 radical (unpaired) electrons. The molecule has 4 rings (SSSR count). The van der Waals surface area contributed by atoms with E-state index in [9.17, 15) is 10.1 Å². The van der Waals surface area contributed by atoms with Crippen molar-refractivity contribution in [3.05, 3.63) is 76.0 Å². The molecule has 3 N–H and O–H groups in total. The van der Waals surface area contributed by atoms with Crippen LogP contribution in [-0.4, -0.2) is 51.1 Å². The average Bonchev–Trinajstić information content (AvgIpc) is 3.48. The van der Waals surface area contributed by atoms with Crippen LogP contribution in [0.5, 0.6) is 5.75 Å². The first-order chi connectivity index (χ1) is 18.8. The average molecular weight is 536 g/mol. The SMILES string of the molecule is CCOC(Cn1nc(-c2cnn(Cc3ccc(OC)cc3)c2N)cc1Nc1cc([N+](=O)[O-])ccc1C)OCC. The summed E-state index contributed by atoms with van der Waals surface area (Å²) in [5, 5.41) is 23.9. The first-order valence-corrected chi connectivity index (χ1v) is 12.6. The molecule has 2 heterocycles. The molecule has 0 atom stereocenters. The van der Waals surface area contributed by atoms with Crippen LogP contribution in [0.15, 0.2) is 54.7 Å². The Bertz CT molecular complexity index is 1410. The topological polar surface area (TPSA) is 145 Å². The van der Waals surface area contributed by atoms with Crippen LogP contribution < -0.4 is 15.8 Å². The molecule has 0 saturated heterocycles. The first kappa shape index (κ1) is 27.6. The minimum atomic E-state index is -0.533. The van der Waals surface area contributed by atoms with E-state index in [1.165, 1.54) is 12.1 Å². The van der Waals surface area contributed by atoms with Crippen LogP contribution in [0.2, 0.25) is 0 Å². The molecule has 0 aliphatic heterocycles. The number of nitro benzene ring substituents is 1. The highest BCUT2D eigenvalue weighted by Crippen LogP contribution is 2.31. The number of nitrogens with one attached hydrogen (secondary N) is 1. The van der Waals surface area contributed by atoms with Crippen molar-refractivity contribution in [3.8, 4) is 17.0 Å². The molecule has 2 aromatic carbocycles. The Labute approximate surface area is 226 Å². The second-order valence-corrected chi connectivity index (χ2v) is 8.77. The molecule has 0 saturated carbocycles. The summed E-state index contributed by atoms with van der Waals surface area (Å²) in [6, 6.07) is 14.2. The van der Waals surface area contributed by atoms with Crippen molar-refractivity contribution in [1.82, 2.24) is 19.6 Å². The van der Waals surface area contributed by atoms with Crippen LogP contribution in [-0.2, 0) is 22.6 Å². The van der Waals surface area contributed by atoms with Gasteiger partial charge in [0.1, 0.15) is 17.4 Å². The largest absolute Gasteiger partial charge is 0.497 e. The van der Waals surface area contributed by atoms with Crippen molar-refractivity contribution in [1.29, 1.82) is 0 Å². The number of nitro groups is 1. The fourth-order valence-electron chi connectivity index (χ4n) is 4.07.